The second-order valence-corrected chi connectivity index (χ2v) is 5.39. The lowest BCUT2D eigenvalue weighted by Crippen LogP contribution is -2.28. The molecule has 0 aliphatic rings. The Morgan fingerprint density at radius 1 is 1.43 bits per heavy atom. The van der Waals surface area contributed by atoms with Crippen molar-refractivity contribution in [3.05, 3.63) is 46.0 Å². The average Bonchev–Trinajstić information content (AvgIpc) is 2.73. The fraction of sp³-hybridized carbons (Fsp3) is 0.400. The molecule has 1 amide bonds. The Balaban J connectivity index is 2.18. The summed E-state index contributed by atoms with van der Waals surface area (Å²) in [6.45, 7) is 8.78. The third kappa shape index (κ3) is 3.24. The van der Waals surface area contributed by atoms with Crippen LogP contribution in [0.3, 0.4) is 0 Å². The predicted molar refractivity (Wildman–Crippen MR) is 82.5 cm³/mol. The van der Waals surface area contributed by atoms with Crippen LogP contribution in [0.1, 0.15) is 47.3 Å². The monoisotopic (exact) mass is 306 g/mol. The van der Waals surface area contributed by atoms with Gasteiger partial charge in [0.2, 0.25) is 0 Å². The molecule has 0 aliphatic carbocycles. The first kappa shape index (κ1) is 15.5. The molecule has 112 valence electrons. The number of carbonyl (C=O) groups excluding carboxylic acids is 1. The van der Waals surface area contributed by atoms with Crippen molar-refractivity contribution < 1.29 is 4.79 Å². The van der Waals surface area contributed by atoms with Crippen molar-refractivity contribution in [3.63, 3.8) is 0 Å². The van der Waals surface area contributed by atoms with Gasteiger partial charge in [-0.05, 0) is 39.8 Å². The van der Waals surface area contributed by atoms with E-state index in [1.807, 2.05) is 32.4 Å². The molecule has 6 heteroatoms. The molecule has 0 saturated carbocycles. The molecule has 2 rings (SSSR count). The Hall–Kier alpha value is -1.88. The zero-order chi connectivity index (χ0) is 15.6. The topological polar surface area (TPSA) is 59.8 Å². The molecular weight excluding hydrogens is 288 g/mol. The summed E-state index contributed by atoms with van der Waals surface area (Å²) in [5, 5.41) is 7.94. The third-order valence-corrected chi connectivity index (χ3v) is 3.70. The van der Waals surface area contributed by atoms with Gasteiger partial charge in [0.25, 0.3) is 5.91 Å². The Labute approximate surface area is 129 Å². The molecule has 2 heterocycles. The zero-order valence-electron chi connectivity index (χ0n) is 12.6. The number of halogens is 1. The van der Waals surface area contributed by atoms with E-state index in [-0.39, 0.29) is 11.9 Å². The van der Waals surface area contributed by atoms with Gasteiger partial charge in [0.1, 0.15) is 5.69 Å². The number of aryl methyl sites for hydroxylation is 2. The van der Waals surface area contributed by atoms with E-state index in [2.05, 4.69) is 15.4 Å². The predicted octanol–water partition coefficient (Wildman–Crippen LogP) is 3.06. The van der Waals surface area contributed by atoms with Gasteiger partial charge in [0, 0.05) is 24.0 Å². The minimum atomic E-state index is -0.220. The lowest BCUT2D eigenvalue weighted by Gasteiger charge is -2.14. The summed E-state index contributed by atoms with van der Waals surface area (Å²) in [4.78, 5) is 16.2. The van der Waals surface area contributed by atoms with Crippen LogP contribution in [0.15, 0.2) is 18.3 Å². The van der Waals surface area contributed by atoms with Crippen LogP contribution in [0.5, 0.6) is 0 Å². The van der Waals surface area contributed by atoms with Crippen molar-refractivity contribution in [1.29, 1.82) is 0 Å². The highest BCUT2D eigenvalue weighted by Gasteiger charge is 2.19. The van der Waals surface area contributed by atoms with Crippen LogP contribution in [-0.4, -0.2) is 20.7 Å². The Bertz CT molecular complexity index is 648. The largest absolute Gasteiger partial charge is 0.344 e. The van der Waals surface area contributed by atoms with Crippen LogP contribution < -0.4 is 5.32 Å². The molecule has 0 spiro atoms. The average molecular weight is 307 g/mol. The van der Waals surface area contributed by atoms with Gasteiger partial charge in [-0.2, -0.15) is 5.10 Å². The van der Waals surface area contributed by atoms with Crippen molar-refractivity contribution >= 4 is 17.5 Å². The molecule has 1 atom stereocenters. The minimum absolute atomic E-state index is 0.129. The molecule has 0 unspecified atom stereocenters. The highest BCUT2D eigenvalue weighted by molar-refractivity contribution is 6.30. The summed E-state index contributed by atoms with van der Waals surface area (Å²) in [7, 11) is 0. The van der Waals surface area contributed by atoms with Gasteiger partial charge in [-0.3, -0.25) is 9.48 Å². The number of nitrogens with zero attached hydrogens (tertiary/aromatic N) is 3. The number of hydrogen-bond donors (Lipinski definition) is 1. The van der Waals surface area contributed by atoms with Gasteiger partial charge in [0.05, 0.1) is 16.8 Å². The molecular formula is C15H19ClN4O. The number of hydrogen-bond acceptors (Lipinski definition) is 3. The van der Waals surface area contributed by atoms with Crippen molar-refractivity contribution in [3.8, 4) is 0 Å². The first-order valence-corrected chi connectivity index (χ1v) is 7.28. The van der Waals surface area contributed by atoms with Crippen LogP contribution in [0.25, 0.3) is 0 Å². The van der Waals surface area contributed by atoms with Crippen LogP contribution in [0.2, 0.25) is 5.02 Å². The van der Waals surface area contributed by atoms with Crippen LogP contribution in [0, 0.1) is 13.8 Å². The molecule has 2 aromatic heterocycles. The van der Waals surface area contributed by atoms with Crippen LogP contribution in [-0.2, 0) is 6.54 Å². The summed E-state index contributed by atoms with van der Waals surface area (Å²) >= 11 is 5.77. The maximum Gasteiger partial charge on any atom is 0.270 e. The van der Waals surface area contributed by atoms with E-state index in [1.165, 1.54) is 6.20 Å². The lowest BCUT2D eigenvalue weighted by atomic mass is 10.1. The summed E-state index contributed by atoms with van der Waals surface area (Å²) < 4.78 is 1.94. The van der Waals surface area contributed by atoms with Crippen LogP contribution in [0.4, 0.5) is 0 Å². The van der Waals surface area contributed by atoms with E-state index >= 15 is 0 Å². The maximum atomic E-state index is 12.2. The van der Waals surface area contributed by atoms with Crippen molar-refractivity contribution in [2.75, 3.05) is 0 Å². The molecule has 0 bridgehead atoms. The minimum Gasteiger partial charge on any atom is -0.344 e. The highest BCUT2D eigenvalue weighted by atomic mass is 35.5. The summed E-state index contributed by atoms with van der Waals surface area (Å²) in [5.74, 6) is -0.220. The number of carbonyl (C=O) groups is 1. The van der Waals surface area contributed by atoms with E-state index in [0.29, 0.717) is 10.7 Å². The number of nitrogens with one attached hydrogen (secondary N) is 1. The highest BCUT2D eigenvalue weighted by Crippen LogP contribution is 2.21. The Kier molecular flexibility index (Phi) is 4.63. The van der Waals surface area contributed by atoms with E-state index in [9.17, 15) is 4.79 Å². The first-order chi connectivity index (χ1) is 9.93. The number of aromatic nitrogens is 3. The fourth-order valence-corrected chi connectivity index (χ4v) is 2.61. The number of amides is 1. The fourth-order valence-electron chi connectivity index (χ4n) is 2.50. The smallest absolute Gasteiger partial charge is 0.270 e. The molecule has 0 aliphatic heterocycles. The quantitative estimate of drug-likeness (QED) is 0.944. The molecule has 0 aromatic carbocycles. The Morgan fingerprint density at radius 2 is 2.14 bits per heavy atom. The van der Waals surface area contributed by atoms with Crippen molar-refractivity contribution in [2.45, 2.75) is 40.3 Å². The lowest BCUT2D eigenvalue weighted by molar-refractivity contribution is 0.0934. The van der Waals surface area contributed by atoms with Crippen molar-refractivity contribution in [1.82, 2.24) is 20.1 Å². The number of pyridine rings is 1. The van der Waals surface area contributed by atoms with Gasteiger partial charge in [-0.25, -0.2) is 4.98 Å². The third-order valence-electron chi connectivity index (χ3n) is 3.48. The van der Waals surface area contributed by atoms with Gasteiger partial charge in [-0.15, -0.1) is 0 Å². The van der Waals surface area contributed by atoms with Gasteiger partial charge in [0.15, 0.2) is 0 Å². The first-order valence-electron chi connectivity index (χ1n) is 6.90. The second kappa shape index (κ2) is 6.26. The zero-order valence-corrected chi connectivity index (χ0v) is 13.4. The van der Waals surface area contributed by atoms with E-state index in [4.69, 9.17) is 11.6 Å². The maximum absolute atomic E-state index is 12.2. The summed E-state index contributed by atoms with van der Waals surface area (Å²) in [6, 6.07) is 3.13. The molecule has 0 radical (unpaired) electrons. The van der Waals surface area contributed by atoms with Crippen LogP contribution >= 0.6 is 11.6 Å². The second-order valence-electron chi connectivity index (χ2n) is 4.96. The number of rotatable bonds is 4. The van der Waals surface area contributed by atoms with Gasteiger partial charge >= 0.3 is 0 Å². The van der Waals surface area contributed by atoms with E-state index < -0.39 is 0 Å². The molecule has 5 nitrogen and oxygen atoms in total. The molecule has 21 heavy (non-hydrogen) atoms. The van der Waals surface area contributed by atoms with Gasteiger partial charge in [-0.1, -0.05) is 11.6 Å². The Morgan fingerprint density at radius 3 is 2.67 bits per heavy atom. The van der Waals surface area contributed by atoms with E-state index in [1.54, 1.807) is 12.1 Å². The molecule has 0 fully saturated rings. The molecule has 2 aromatic rings. The van der Waals surface area contributed by atoms with Crippen molar-refractivity contribution in [2.24, 2.45) is 0 Å². The normalized spacial score (nSPS) is 12.2. The SMILES string of the molecule is CCn1nc(C)c([C@@H](C)NC(=O)c2ccc(Cl)cn2)c1C. The van der Waals surface area contributed by atoms with E-state index in [0.717, 1.165) is 23.5 Å². The summed E-state index contributed by atoms with van der Waals surface area (Å²) in [5.41, 5.74) is 3.42. The molecule has 1 N–H and O–H groups in total. The summed E-state index contributed by atoms with van der Waals surface area (Å²) in [6.07, 6.45) is 1.47. The standard InChI is InChI=1S/C15H19ClN4O/c1-5-20-11(4)14(10(3)19-20)9(2)18-15(21)13-7-6-12(16)8-17-13/h6-9H,5H2,1-4H3,(H,18,21)/t9-/m1/s1. The molecule has 0 saturated heterocycles. The van der Waals surface area contributed by atoms with Gasteiger partial charge < -0.3 is 5.32 Å².